The summed E-state index contributed by atoms with van der Waals surface area (Å²) in [4.78, 5) is 22.8. The molecule has 23 heavy (non-hydrogen) atoms. The van der Waals surface area contributed by atoms with E-state index in [0.29, 0.717) is 24.6 Å². The number of hydrogen-bond donors (Lipinski definition) is 1. The third-order valence-corrected chi connectivity index (χ3v) is 4.25. The fraction of sp³-hybridized carbons (Fsp3) is 0.312. The Hall–Kier alpha value is -1.99. The predicted octanol–water partition coefficient (Wildman–Crippen LogP) is 2.64. The molecule has 0 atom stereocenters. The van der Waals surface area contributed by atoms with E-state index in [9.17, 15) is 4.79 Å². The highest BCUT2D eigenvalue weighted by Crippen LogP contribution is 2.24. The Labute approximate surface area is 143 Å². The fourth-order valence-corrected chi connectivity index (χ4v) is 2.94. The summed E-state index contributed by atoms with van der Waals surface area (Å²) in [6.07, 6.45) is 1.42. The van der Waals surface area contributed by atoms with E-state index in [1.807, 2.05) is 25.1 Å². The number of benzene rings is 1. The Balaban J connectivity index is 1.76. The first-order chi connectivity index (χ1) is 11.1. The molecule has 120 valence electrons. The van der Waals surface area contributed by atoms with Gasteiger partial charge in [-0.05, 0) is 40.5 Å². The van der Waals surface area contributed by atoms with Crippen LogP contribution < -0.4 is 10.2 Å². The zero-order valence-corrected chi connectivity index (χ0v) is 14.3. The molecular formula is C16H17BrN4O2. The molecule has 3 rings (SSSR count). The van der Waals surface area contributed by atoms with Crippen LogP contribution in [0, 0.1) is 6.92 Å². The van der Waals surface area contributed by atoms with Crippen molar-refractivity contribution in [3.63, 3.8) is 0 Å². The monoisotopic (exact) mass is 376 g/mol. The van der Waals surface area contributed by atoms with Gasteiger partial charge in [-0.15, -0.1) is 0 Å². The van der Waals surface area contributed by atoms with E-state index in [4.69, 9.17) is 4.74 Å². The molecule has 6 nitrogen and oxygen atoms in total. The fourth-order valence-electron chi connectivity index (χ4n) is 2.34. The van der Waals surface area contributed by atoms with Crippen molar-refractivity contribution in [1.82, 2.24) is 9.97 Å². The van der Waals surface area contributed by atoms with Crippen LogP contribution in [0.5, 0.6) is 0 Å². The van der Waals surface area contributed by atoms with Crippen molar-refractivity contribution in [1.29, 1.82) is 0 Å². The Morgan fingerprint density at radius 2 is 2.04 bits per heavy atom. The largest absolute Gasteiger partial charge is 0.378 e. The number of ether oxygens (including phenoxy) is 1. The number of anilines is 2. The zero-order chi connectivity index (χ0) is 16.2. The van der Waals surface area contributed by atoms with Crippen LogP contribution in [0.3, 0.4) is 0 Å². The second-order valence-electron chi connectivity index (χ2n) is 5.30. The number of aromatic nitrogens is 2. The first-order valence-electron chi connectivity index (χ1n) is 7.36. The number of nitrogens with zero attached hydrogens (tertiary/aromatic N) is 3. The standard InChI is InChI=1S/C16H17BrN4O2/c1-11-2-3-13(12(17)8-11)20-16(22)14-9-15(19-10-18-14)21-4-6-23-7-5-21/h2-3,8-10H,4-7H2,1H3,(H,20,22). The molecule has 2 aromatic rings. The van der Waals surface area contributed by atoms with Gasteiger partial charge in [0.05, 0.1) is 18.9 Å². The topological polar surface area (TPSA) is 67.4 Å². The number of aryl methyl sites for hydroxylation is 1. The molecule has 7 heteroatoms. The summed E-state index contributed by atoms with van der Waals surface area (Å²) in [5.41, 5.74) is 2.17. The average molecular weight is 377 g/mol. The Morgan fingerprint density at radius 3 is 2.78 bits per heavy atom. The number of morpholine rings is 1. The lowest BCUT2D eigenvalue weighted by atomic mass is 10.2. The molecular weight excluding hydrogens is 360 g/mol. The zero-order valence-electron chi connectivity index (χ0n) is 12.8. The summed E-state index contributed by atoms with van der Waals surface area (Å²) in [6, 6.07) is 7.47. The number of carbonyl (C=O) groups excluding carboxylic acids is 1. The molecule has 0 saturated carbocycles. The number of rotatable bonds is 3. The summed E-state index contributed by atoms with van der Waals surface area (Å²) < 4.78 is 6.17. The van der Waals surface area contributed by atoms with Gasteiger partial charge in [0.1, 0.15) is 17.8 Å². The molecule has 0 aliphatic carbocycles. The van der Waals surface area contributed by atoms with Crippen LogP contribution in [0.15, 0.2) is 35.1 Å². The van der Waals surface area contributed by atoms with Crippen LogP contribution in [0.1, 0.15) is 16.1 Å². The molecule has 0 bridgehead atoms. The Morgan fingerprint density at radius 1 is 1.26 bits per heavy atom. The second-order valence-corrected chi connectivity index (χ2v) is 6.15. The van der Waals surface area contributed by atoms with Gasteiger partial charge in [0.2, 0.25) is 0 Å². The number of nitrogens with one attached hydrogen (secondary N) is 1. The van der Waals surface area contributed by atoms with Crippen molar-refractivity contribution in [2.45, 2.75) is 6.92 Å². The van der Waals surface area contributed by atoms with Crippen molar-refractivity contribution < 1.29 is 9.53 Å². The minimum Gasteiger partial charge on any atom is -0.378 e. The van der Waals surface area contributed by atoms with Gasteiger partial charge in [-0.25, -0.2) is 9.97 Å². The van der Waals surface area contributed by atoms with Crippen LogP contribution in [0.4, 0.5) is 11.5 Å². The lowest BCUT2D eigenvalue weighted by Crippen LogP contribution is -2.37. The van der Waals surface area contributed by atoms with Gasteiger partial charge < -0.3 is 15.0 Å². The number of halogens is 1. The van der Waals surface area contributed by atoms with Gasteiger partial charge >= 0.3 is 0 Å². The van der Waals surface area contributed by atoms with E-state index in [1.165, 1.54) is 6.33 Å². The van der Waals surface area contributed by atoms with E-state index in [1.54, 1.807) is 6.07 Å². The lowest BCUT2D eigenvalue weighted by Gasteiger charge is -2.27. The molecule has 1 aliphatic heterocycles. The minimum atomic E-state index is -0.258. The van der Waals surface area contributed by atoms with Crippen LogP contribution in [0.2, 0.25) is 0 Å². The van der Waals surface area contributed by atoms with Gasteiger partial charge in [0, 0.05) is 23.6 Å². The molecule has 1 N–H and O–H groups in total. The van der Waals surface area contributed by atoms with E-state index in [2.05, 4.69) is 36.1 Å². The maximum atomic E-state index is 12.4. The smallest absolute Gasteiger partial charge is 0.274 e. The van der Waals surface area contributed by atoms with Gasteiger partial charge in [-0.3, -0.25) is 4.79 Å². The van der Waals surface area contributed by atoms with Gasteiger partial charge in [0.15, 0.2) is 0 Å². The molecule has 2 heterocycles. The molecule has 1 amide bonds. The first-order valence-corrected chi connectivity index (χ1v) is 8.15. The summed E-state index contributed by atoms with van der Waals surface area (Å²) >= 11 is 3.46. The van der Waals surface area contributed by atoms with E-state index >= 15 is 0 Å². The molecule has 1 saturated heterocycles. The van der Waals surface area contributed by atoms with Crippen molar-refractivity contribution in [3.8, 4) is 0 Å². The van der Waals surface area contributed by atoms with Crippen molar-refractivity contribution >= 4 is 33.3 Å². The number of carbonyl (C=O) groups is 1. The minimum absolute atomic E-state index is 0.258. The molecule has 0 unspecified atom stereocenters. The Bertz CT molecular complexity index is 717. The van der Waals surface area contributed by atoms with E-state index in [0.717, 1.165) is 28.9 Å². The SMILES string of the molecule is Cc1ccc(NC(=O)c2cc(N3CCOCC3)ncn2)c(Br)c1. The third-order valence-electron chi connectivity index (χ3n) is 3.59. The predicted molar refractivity (Wildman–Crippen MR) is 91.9 cm³/mol. The van der Waals surface area contributed by atoms with Crippen molar-refractivity contribution in [3.05, 3.63) is 46.3 Å². The second kappa shape index (κ2) is 7.06. The molecule has 1 fully saturated rings. The molecule has 0 radical (unpaired) electrons. The third kappa shape index (κ3) is 3.86. The van der Waals surface area contributed by atoms with Crippen molar-refractivity contribution in [2.24, 2.45) is 0 Å². The highest BCUT2D eigenvalue weighted by atomic mass is 79.9. The molecule has 1 aromatic carbocycles. The summed E-state index contributed by atoms with van der Waals surface area (Å²) in [6.45, 7) is 4.86. The van der Waals surface area contributed by atoms with Crippen molar-refractivity contribution in [2.75, 3.05) is 36.5 Å². The maximum absolute atomic E-state index is 12.4. The van der Waals surface area contributed by atoms with Crippen LogP contribution in [-0.2, 0) is 4.74 Å². The van der Waals surface area contributed by atoms with Crippen LogP contribution in [0.25, 0.3) is 0 Å². The number of amides is 1. The average Bonchev–Trinajstić information content (AvgIpc) is 2.58. The summed E-state index contributed by atoms with van der Waals surface area (Å²) in [7, 11) is 0. The maximum Gasteiger partial charge on any atom is 0.274 e. The summed E-state index contributed by atoms with van der Waals surface area (Å²) in [5.74, 6) is 0.489. The summed E-state index contributed by atoms with van der Waals surface area (Å²) in [5, 5.41) is 2.86. The van der Waals surface area contributed by atoms with E-state index < -0.39 is 0 Å². The van der Waals surface area contributed by atoms with Gasteiger partial charge in [-0.2, -0.15) is 0 Å². The highest BCUT2D eigenvalue weighted by molar-refractivity contribution is 9.10. The lowest BCUT2D eigenvalue weighted by molar-refractivity contribution is 0.102. The van der Waals surface area contributed by atoms with E-state index in [-0.39, 0.29) is 5.91 Å². The highest BCUT2D eigenvalue weighted by Gasteiger charge is 2.16. The van der Waals surface area contributed by atoms with Gasteiger partial charge in [0.25, 0.3) is 5.91 Å². The quantitative estimate of drug-likeness (QED) is 0.891. The van der Waals surface area contributed by atoms with Crippen LogP contribution in [-0.4, -0.2) is 42.2 Å². The van der Waals surface area contributed by atoms with Crippen LogP contribution >= 0.6 is 15.9 Å². The molecule has 0 spiro atoms. The number of hydrogen-bond acceptors (Lipinski definition) is 5. The van der Waals surface area contributed by atoms with Gasteiger partial charge in [-0.1, -0.05) is 6.07 Å². The Kier molecular flexibility index (Phi) is 4.88. The molecule has 1 aromatic heterocycles. The molecule has 1 aliphatic rings. The normalized spacial score (nSPS) is 14.6. The first kappa shape index (κ1) is 15.9.